The highest BCUT2D eigenvalue weighted by molar-refractivity contribution is 5.62. The number of aromatic nitrogens is 1. The van der Waals surface area contributed by atoms with Gasteiger partial charge >= 0.3 is 0 Å². The Labute approximate surface area is 131 Å². The van der Waals surface area contributed by atoms with Gasteiger partial charge in [0, 0.05) is 35.9 Å². The summed E-state index contributed by atoms with van der Waals surface area (Å²) in [4.78, 5) is 7.57. The van der Waals surface area contributed by atoms with Crippen molar-refractivity contribution >= 4 is 11.8 Å². The Balaban J connectivity index is 1.71. The molecule has 0 N–H and O–H groups in total. The van der Waals surface area contributed by atoms with Gasteiger partial charge in [0.25, 0.3) is 5.69 Å². The van der Waals surface area contributed by atoms with Gasteiger partial charge in [0.2, 0.25) is 6.20 Å². The molecule has 0 radical (unpaired) electrons. The average Bonchev–Trinajstić information content (AvgIpc) is 2.92. The molecule has 1 aliphatic heterocycles. The zero-order chi connectivity index (χ0) is 15.4. The van der Waals surface area contributed by atoms with Crippen molar-refractivity contribution in [1.29, 1.82) is 0 Å². The molecule has 2 heterocycles. The van der Waals surface area contributed by atoms with E-state index in [0.29, 0.717) is 0 Å². The largest absolute Gasteiger partial charge is 0.468 e. The Morgan fingerprint density at radius 2 is 2.05 bits per heavy atom. The fourth-order valence-corrected chi connectivity index (χ4v) is 2.75. The van der Waals surface area contributed by atoms with E-state index in [2.05, 4.69) is 36.1 Å². The van der Waals surface area contributed by atoms with Crippen LogP contribution in [0.5, 0.6) is 5.75 Å². The van der Waals surface area contributed by atoms with Crippen LogP contribution in [0.4, 0.5) is 5.69 Å². The molecular formula is C18H21N2O2+. The van der Waals surface area contributed by atoms with Crippen LogP contribution in [0.1, 0.15) is 19.0 Å². The van der Waals surface area contributed by atoms with E-state index in [9.17, 15) is 0 Å². The normalized spacial score (nSPS) is 16.6. The van der Waals surface area contributed by atoms with E-state index in [-0.39, 0.29) is 6.23 Å². The number of nitrogens with zero attached hydrogens (tertiary/aromatic N) is 2. The summed E-state index contributed by atoms with van der Waals surface area (Å²) in [5.41, 5.74) is 2.18. The first kappa shape index (κ1) is 14.4. The van der Waals surface area contributed by atoms with Crippen LogP contribution >= 0.6 is 0 Å². The molecule has 4 heteroatoms. The summed E-state index contributed by atoms with van der Waals surface area (Å²) in [7, 11) is 1.66. The molecule has 0 saturated heterocycles. The highest BCUT2D eigenvalue weighted by Crippen LogP contribution is 2.37. The van der Waals surface area contributed by atoms with Crippen LogP contribution in [0, 0.1) is 0 Å². The van der Waals surface area contributed by atoms with Gasteiger partial charge in [-0.3, -0.25) is 4.84 Å². The van der Waals surface area contributed by atoms with Crippen molar-refractivity contribution < 1.29 is 14.3 Å². The van der Waals surface area contributed by atoms with Crippen LogP contribution in [0.2, 0.25) is 0 Å². The fraction of sp³-hybridized carbons (Fsp3) is 0.278. The maximum Gasteiger partial charge on any atom is 0.257 e. The molecule has 4 nitrogen and oxygen atoms in total. The summed E-state index contributed by atoms with van der Waals surface area (Å²) in [6, 6.07) is 14.1. The van der Waals surface area contributed by atoms with Crippen LogP contribution < -0.4 is 19.2 Å². The summed E-state index contributed by atoms with van der Waals surface area (Å²) >= 11 is 0. The minimum absolute atomic E-state index is 0.0540. The number of hydrogen-bond donors (Lipinski definition) is 0. The van der Waals surface area contributed by atoms with Gasteiger partial charge < -0.3 is 9.64 Å². The summed E-state index contributed by atoms with van der Waals surface area (Å²) in [5.74, 6) is 0.967. The lowest BCUT2D eigenvalue weighted by atomic mass is 10.2. The van der Waals surface area contributed by atoms with E-state index < -0.39 is 0 Å². The Morgan fingerprint density at radius 1 is 1.23 bits per heavy atom. The Kier molecular flexibility index (Phi) is 4.28. The summed E-state index contributed by atoms with van der Waals surface area (Å²) in [6.07, 6.45) is 6.95. The summed E-state index contributed by atoms with van der Waals surface area (Å²) in [5, 5.41) is 0. The number of benzene rings is 1. The quantitative estimate of drug-likeness (QED) is 0.794. The molecule has 0 amide bonds. The van der Waals surface area contributed by atoms with Crippen LogP contribution in [0.3, 0.4) is 0 Å². The van der Waals surface area contributed by atoms with Crippen molar-refractivity contribution in [1.82, 2.24) is 0 Å². The van der Waals surface area contributed by atoms with Crippen molar-refractivity contribution in [2.45, 2.75) is 19.6 Å². The zero-order valence-electron chi connectivity index (χ0n) is 13.0. The van der Waals surface area contributed by atoms with E-state index in [4.69, 9.17) is 9.57 Å². The highest BCUT2D eigenvalue weighted by atomic mass is 16.6. The Morgan fingerprint density at radius 3 is 2.86 bits per heavy atom. The van der Waals surface area contributed by atoms with Gasteiger partial charge in [-0.1, -0.05) is 18.2 Å². The van der Waals surface area contributed by atoms with Crippen molar-refractivity contribution in [2.75, 3.05) is 18.6 Å². The Hall–Kier alpha value is -2.49. The van der Waals surface area contributed by atoms with Crippen LogP contribution in [-0.4, -0.2) is 19.9 Å². The maximum atomic E-state index is 6.04. The molecule has 22 heavy (non-hydrogen) atoms. The Bertz CT molecular complexity index is 670. The molecule has 1 unspecified atom stereocenters. The van der Waals surface area contributed by atoms with Crippen LogP contribution in [-0.2, 0) is 0 Å². The maximum absolute atomic E-state index is 6.04. The number of hydrogen-bond acceptors (Lipinski definition) is 3. The van der Waals surface area contributed by atoms with Crippen molar-refractivity contribution in [3.63, 3.8) is 0 Å². The topological polar surface area (TPSA) is 25.6 Å². The van der Waals surface area contributed by atoms with Gasteiger partial charge in [-0.2, -0.15) is 0 Å². The molecule has 0 bridgehead atoms. The van der Waals surface area contributed by atoms with E-state index in [0.717, 1.165) is 24.4 Å². The van der Waals surface area contributed by atoms with Gasteiger partial charge in [-0.15, -0.1) is 0 Å². The standard InChI is InChI=1S/C18H21N2O2/c1-3-19-16-11-4-5-12-17(16)22-18(19)13-8-10-15-9-6-7-14-20(15)21-2/h4-12,14,18H,3,13H2,1-2H3/q+1. The molecule has 1 aliphatic rings. The first-order valence-corrected chi connectivity index (χ1v) is 7.57. The second-order valence-corrected chi connectivity index (χ2v) is 5.10. The SMILES string of the molecule is CCN1c2ccccc2OC1CC=Cc1cccc[n+]1OC. The lowest BCUT2D eigenvalue weighted by Crippen LogP contribution is -2.42. The number of anilines is 1. The van der Waals surface area contributed by atoms with Gasteiger partial charge in [-0.25, -0.2) is 0 Å². The average molecular weight is 297 g/mol. The minimum Gasteiger partial charge on any atom is -0.468 e. The monoisotopic (exact) mass is 297 g/mol. The lowest BCUT2D eigenvalue weighted by molar-refractivity contribution is -0.886. The number of rotatable bonds is 5. The van der Waals surface area contributed by atoms with Gasteiger partial charge in [-0.05, 0) is 25.1 Å². The van der Waals surface area contributed by atoms with Gasteiger partial charge in [0.05, 0.1) is 5.69 Å². The van der Waals surface area contributed by atoms with E-state index in [1.54, 1.807) is 11.8 Å². The van der Waals surface area contributed by atoms with Crippen molar-refractivity contribution in [3.8, 4) is 5.75 Å². The van der Waals surface area contributed by atoms with E-state index >= 15 is 0 Å². The van der Waals surface area contributed by atoms with Crippen LogP contribution in [0.25, 0.3) is 6.08 Å². The number of ether oxygens (including phenoxy) is 1. The third-order valence-electron chi connectivity index (χ3n) is 3.80. The third-order valence-corrected chi connectivity index (χ3v) is 3.80. The predicted octanol–water partition coefficient (Wildman–Crippen LogP) is 2.68. The number of pyridine rings is 1. The molecule has 1 aromatic heterocycles. The third kappa shape index (κ3) is 2.77. The molecule has 1 atom stereocenters. The second kappa shape index (κ2) is 6.52. The number of para-hydroxylation sites is 2. The first-order chi connectivity index (χ1) is 10.8. The molecule has 0 aliphatic carbocycles. The fourth-order valence-electron chi connectivity index (χ4n) is 2.75. The number of fused-ring (bicyclic) bond motifs is 1. The first-order valence-electron chi connectivity index (χ1n) is 7.57. The second-order valence-electron chi connectivity index (χ2n) is 5.10. The molecule has 0 fully saturated rings. The molecule has 1 aromatic carbocycles. The van der Waals surface area contributed by atoms with Gasteiger partial charge in [0.15, 0.2) is 6.23 Å². The predicted molar refractivity (Wildman–Crippen MR) is 86.7 cm³/mol. The smallest absolute Gasteiger partial charge is 0.257 e. The summed E-state index contributed by atoms with van der Waals surface area (Å²) in [6.45, 7) is 3.08. The van der Waals surface area contributed by atoms with Gasteiger partial charge in [0.1, 0.15) is 12.9 Å². The molecule has 0 saturated carbocycles. The molecule has 3 rings (SSSR count). The van der Waals surface area contributed by atoms with E-state index in [1.807, 2.05) is 36.5 Å². The van der Waals surface area contributed by atoms with Crippen LogP contribution in [0.15, 0.2) is 54.7 Å². The molecule has 114 valence electrons. The highest BCUT2D eigenvalue weighted by Gasteiger charge is 2.28. The summed E-state index contributed by atoms with van der Waals surface area (Å²) < 4.78 is 7.78. The minimum atomic E-state index is 0.0540. The van der Waals surface area contributed by atoms with Crippen molar-refractivity contribution in [2.24, 2.45) is 0 Å². The molecular weight excluding hydrogens is 276 g/mol. The lowest BCUT2D eigenvalue weighted by Gasteiger charge is -2.22. The zero-order valence-corrected chi connectivity index (χ0v) is 13.0. The molecule has 0 spiro atoms. The molecule has 2 aromatic rings. The van der Waals surface area contributed by atoms with E-state index in [1.165, 1.54) is 5.69 Å². The van der Waals surface area contributed by atoms with Crippen molar-refractivity contribution in [3.05, 3.63) is 60.4 Å².